The second-order valence-electron chi connectivity index (χ2n) is 7.52. The Hall–Kier alpha value is -2.52. The smallest absolute Gasteiger partial charge is 0.136 e. The van der Waals surface area contributed by atoms with Crippen molar-refractivity contribution in [2.45, 2.75) is 38.6 Å². The number of nitriles is 1. The second kappa shape index (κ2) is 9.80. The zero-order valence-electron chi connectivity index (χ0n) is 16.9. The van der Waals surface area contributed by atoms with Crippen LogP contribution in [0.3, 0.4) is 0 Å². The van der Waals surface area contributed by atoms with Crippen molar-refractivity contribution >= 4 is 22.5 Å². The van der Waals surface area contributed by atoms with Gasteiger partial charge in [0.2, 0.25) is 0 Å². The fourth-order valence-corrected chi connectivity index (χ4v) is 4.27. The number of nitrogens with zero attached hydrogens (tertiary/aromatic N) is 2. The Morgan fingerprint density at radius 1 is 1.28 bits per heavy atom. The van der Waals surface area contributed by atoms with Gasteiger partial charge in [-0.2, -0.15) is 5.26 Å². The first-order chi connectivity index (χ1) is 14.0. The Kier molecular flexibility index (Phi) is 7.16. The molecular weight excluding hydrogens is 385 g/mol. The number of nitrogens with one attached hydrogen (secondary N) is 1. The maximum Gasteiger partial charge on any atom is 0.136 e. The Balaban J connectivity index is 1.47. The average molecular weight is 412 g/mol. The Morgan fingerprint density at radius 2 is 2.07 bits per heavy atom. The van der Waals surface area contributed by atoms with Crippen LogP contribution in [0.5, 0.6) is 5.75 Å². The monoisotopic (exact) mass is 411 g/mol. The topological polar surface area (TPSA) is 57.4 Å². The molecule has 0 aliphatic carbocycles. The molecule has 1 heterocycles. The van der Waals surface area contributed by atoms with E-state index in [2.05, 4.69) is 18.3 Å². The molecule has 1 N–H and O–H groups in total. The number of rotatable bonds is 9. The van der Waals surface area contributed by atoms with Crippen molar-refractivity contribution in [3.05, 3.63) is 59.4 Å². The number of thioether (sulfide) groups is 1. The molecule has 6 heteroatoms. The van der Waals surface area contributed by atoms with E-state index in [0.717, 1.165) is 52.7 Å². The third-order valence-corrected chi connectivity index (χ3v) is 6.24. The van der Waals surface area contributed by atoms with E-state index in [0.29, 0.717) is 13.0 Å². The highest BCUT2D eigenvalue weighted by Gasteiger charge is 2.30. The van der Waals surface area contributed by atoms with E-state index in [4.69, 9.17) is 15.0 Å². The first-order valence-corrected chi connectivity index (χ1v) is 10.8. The van der Waals surface area contributed by atoms with Gasteiger partial charge in [0.25, 0.3) is 0 Å². The number of aryl methyl sites for hydroxylation is 2. The summed E-state index contributed by atoms with van der Waals surface area (Å²) in [6.45, 7) is 5.33. The van der Waals surface area contributed by atoms with Crippen molar-refractivity contribution in [3.8, 4) is 11.8 Å². The van der Waals surface area contributed by atoms with Gasteiger partial charge in [-0.15, -0.1) is 11.8 Å². The number of hydrogen-bond donors (Lipinski definition) is 1. The van der Waals surface area contributed by atoms with E-state index in [1.54, 1.807) is 17.8 Å². The van der Waals surface area contributed by atoms with Crippen LogP contribution in [0.4, 0.5) is 10.1 Å². The summed E-state index contributed by atoms with van der Waals surface area (Å²) in [7, 11) is 0. The number of halogens is 1. The Morgan fingerprint density at radius 3 is 2.83 bits per heavy atom. The van der Waals surface area contributed by atoms with Crippen LogP contribution in [0, 0.1) is 24.1 Å². The van der Waals surface area contributed by atoms with Crippen molar-refractivity contribution in [2.75, 3.05) is 24.2 Å². The normalized spacial score (nSPS) is 18.2. The molecule has 152 valence electrons. The quantitative estimate of drug-likeness (QED) is 0.602. The largest absolute Gasteiger partial charge is 0.487 e. The second-order valence-corrected chi connectivity index (χ2v) is 8.57. The fourth-order valence-electron chi connectivity index (χ4n) is 3.16. The predicted molar refractivity (Wildman–Crippen MR) is 118 cm³/mol. The molecule has 0 bridgehead atoms. The van der Waals surface area contributed by atoms with Crippen LogP contribution < -0.4 is 10.1 Å². The van der Waals surface area contributed by atoms with Crippen LogP contribution in [-0.4, -0.2) is 29.5 Å². The zero-order chi connectivity index (χ0) is 20.7. The summed E-state index contributed by atoms with van der Waals surface area (Å²) in [5, 5.41) is 13.0. The minimum Gasteiger partial charge on any atom is -0.487 e. The molecule has 1 unspecified atom stereocenters. The molecule has 4 nitrogen and oxygen atoms in total. The molecule has 1 aliphatic heterocycles. The number of hydrogen-bond acceptors (Lipinski definition) is 5. The summed E-state index contributed by atoms with van der Waals surface area (Å²) in [6, 6.07) is 14.8. The number of anilines is 1. The van der Waals surface area contributed by atoms with Crippen molar-refractivity contribution in [1.29, 1.82) is 5.26 Å². The highest BCUT2D eigenvalue weighted by molar-refractivity contribution is 8.14. The number of benzene rings is 2. The molecule has 0 fully saturated rings. The molecule has 0 amide bonds. The van der Waals surface area contributed by atoms with Gasteiger partial charge in [-0.05, 0) is 62.1 Å². The van der Waals surface area contributed by atoms with Gasteiger partial charge in [-0.25, -0.2) is 4.39 Å². The van der Waals surface area contributed by atoms with E-state index in [1.807, 2.05) is 31.2 Å². The van der Waals surface area contributed by atoms with Crippen LogP contribution in [0.15, 0.2) is 47.5 Å². The van der Waals surface area contributed by atoms with Crippen LogP contribution in [0.25, 0.3) is 0 Å². The van der Waals surface area contributed by atoms with Gasteiger partial charge in [0.1, 0.15) is 23.2 Å². The third-order valence-electron chi connectivity index (χ3n) is 4.93. The van der Waals surface area contributed by atoms with E-state index < -0.39 is 0 Å². The lowest BCUT2D eigenvalue weighted by Crippen LogP contribution is -2.26. The lowest BCUT2D eigenvalue weighted by molar-refractivity contribution is 0.377. The average Bonchev–Trinajstić information content (AvgIpc) is 3.09. The maximum absolute atomic E-state index is 13.4. The molecular formula is C23H26FN3OS. The summed E-state index contributed by atoms with van der Waals surface area (Å²) in [4.78, 5) is 4.87. The van der Waals surface area contributed by atoms with E-state index >= 15 is 0 Å². The maximum atomic E-state index is 13.4. The van der Waals surface area contributed by atoms with Crippen LogP contribution in [0.2, 0.25) is 0 Å². The first-order valence-electron chi connectivity index (χ1n) is 9.78. The third kappa shape index (κ3) is 6.23. The van der Waals surface area contributed by atoms with Gasteiger partial charge in [-0.3, -0.25) is 4.99 Å². The SMILES string of the molecule is Cc1ccc(F)cc1NCCC1(C)CSC(COc2ccc(CCC#N)cc2)=N1. The standard InChI is InChI=1S/C23H26FN3OS/c1-17-5-8-19(24)14-21(17)26-13-11-23(2)16-29-22(27-23)15-28-20-9-6-18(7-10-20)4-3-12-25/h5-10,14,26H,3-4,11,13,15-16H2,1-2H3. The van der Waals surface area contributed by atoms with Crippen LogP contribution in [-0.2, 0) is 6.42 Å². The fraction of sp³-hybridized carbons (Fsp3) is 0.391. The summed E-state index contributed by atoms with van der Waals surface area (Å²) in [5.41, 5.74) is 2.87. The van der Waals surface area contributed by atoms with Gasteiger partial charge in [0, 0.05) is 24.4 Å². The van der Waals surface area contributed by atoms with Crippen LogP contribution >= 0.6 is 11.8 Å². The molecule has 0 spiro atoms. The van der Waals surface area contributed by atoms with Crippen LogP contribution in [0.1, 0.15) is 30.9 Å². The van der Waals surface area contributed by atoms with Crippen molar-refractivity contribution < 1.29 is 9.13 Å². The minimum atomic E-state index is -0.226. The van der Waals surface area contributed by atoms with Gasteiger partial charge in [0.15, 0.2) is 0 Å². The van der Waals surface area contributed by atoms with Gasteiger partial charge in [-0.1, -0.05) is 18.2 Å². The zero-order valence-corrected chi connectivity index (χ0v) is 17.7. The number of ether oxygens (including phenoxy) is 1. The molecule has 0 aromatic heterocycles. The number of aliphatic imine (C=N–C) groups is 1. The van der Waals surface area contributed by atoms with E-state index in [9.17, 15) is 4.39 Å². The summed E-state index contributed by atoms with van der Waals surface area (Å²) in [6.07, 6.45) is 2.16. The summed E-state index contributed by atoms with van der Waals surface area (Å²) in [5.74, 6) is 1.50. The Labute approximate surface area is 176 Å². The molecule has 3 rings (SSSR count). The molecule has 2 aromatic carbocycles. The predicted octanol–water partition coefficient (Wildman–Crippen LogP) is 5.38. The summed E-state index contributed by atoms with van der Waals surface area (Å²) >= 11 is 1.74. The first kappa shape index (κ1) is 21.2. The van der Waals surface area contributed by atoms with Gasteiger partial charge >= 0.3 is 0 Å². The van der Waals surface area contributed by atoms with E-state index in [-0.39, 0.29) is 11.4 Å². The lowest BCUT2D eigenvalue weighted by atomic mass is 10.0. The molecule has 1 atom stereocenters. The molecule has 1 aliphatic rings. The van der Waals surface area contributed by atoms with Crippen molar-refractivity contribution in [1.82, 2.24) is 0 Å². The molecule has 2 aromatic rings. The summed E-state index contributed by atoms with van der Waals surface area (Å²) < 4.78 is 19.3. The highest BCUT2D eigenvalue weighted by atomic mass is 32.2. The van der Waals surface area contributed by atoms with Crippen molar-refractivity contribution in [3.63, 3.8) is 0 Å². The van der Waals surface area contributed by atoms with Crippen molar-refractivity contribution in [2.24, 2.45) is 4.99 Å². The minimum absolute atomic E-state index is 0.140. The van der Waals surface area contributed by atoms with E-state index in [1.165, 1.54) is 12.1 Å². The molecule has 29 heavy (non-hydrogen) atoms. The van der Waals surface area contributed by atoms with Gasteiger partial charge < -0.3 is 10.1 Å². The molecule has 0 saturated carbocycles. The Bertz CT molecular complexity index is 907. The lowest BCUT2D eigenvalue weighted by Gasteiger charge is -2.20. The molecule has 0 saturated heterocycles. The molecule has 0 radical (unpaired) electrons. The van der Waals surface area contributed by atoms with Gasteiger partial charge in [0.05, 0.1) is 11.6 Å². The highest BCUT2D eigenvalue weighted by Crippen LogP contribution is 2.31.